The minimum absolute atomic E-state index is 0. The van der Waals surface area contributed by atoms with Gasteiger partial charge in [0.05, 0.1) is 23.6 Å². The molecule has 3 aromatic heterocycles. The van der Waals surface area contributed by atoms with Crippen molar-refractivity contribution in [3.05, 3.63) is 236 Å². The van der Waals surface area contributed by atoms with Gasteiger partial charge in [-0.2, -0.15) is 18.2 Å². The number of para-hydroxylation sites is 2. The van der Waals surface area contributed by atoms with Gasteiger partial charge in [-0.05, 0) is 95.9 Å². The van der Waals surface area contributed by atoms with Crippen LogP contribution in [0.3, 0.4) is 0 Å². The van der Waals surface area contributed by atoms with E-state index in [-0.39, 0.29) is 44.1 Å². The smallest absolute Gasteiger partial charge is 0.268 e. The molecule has 5 nitrogen and oxygen atoms in total. The number of aromatic nitrogens is 4. The third-order valence-electron chi connectivity index (χ3n) is 13.2. The molecule has 70 heavy (non-hydrogen) atoms. The van der Waals surface area contributed by atoms with Crippen LogP contribution >= 0.6 is 0 Å². The van der Waals surface area contributed by atoms with Gasteiger partial charge in [-0.25, -0.2) is 4.98 Å². The predicted molar refractivity (Wildman–Crippen MR) is 279 cm³/mol. The molecule has 1 aliphatic rings. The molecule has 0 N–H and O–H groups in total. The number of pyridine rings is 1. The van der Waals surface area contributed by atoms with Crippen LogP contribution < -0.4 is 9.30 Å². The van der Waals surface area contributed by atoms with Crippen LogP contribution in [-0.4, -0.2) is 14.1 Å². The van der Waals surface area contributed by atoms with Crippen LogP contribution in [0, 0.1) is 18.5 Å². The van der Waals surface area contributed by atoms with Gasteiger partial charge in [0.25, 0.3) is 6.33 Å². The Morgan fingerprint density at radius 3 is 1.97 bits per heavy atom. The Hall–Kier alpha value is -8.11. The standard InChI is InChI=1S/C64H44N4O.Pt/c1-64(2,3)45-35-36-65-61(38-45)68-58-34-31-44(42-17-6-4-7-18-42)37-57(58)54-33-32-48(40-60(54)68)69-47-22-14-21-46(39-47)66-41-67-62-49(43-19-8-5-9-20-43)27-15-28-55(62)52-25-12-10-23-50(52)51-24-11-13-26-53(51)56-29-16-30-59(66)63(56)67;/h4-38H,1-3H3;/q-2;/i5D,8D,9D,19D,20D;. The summed E-state index contributed by atoms with van der Waals surface area (Å²) in [4.78, 5) is 4.92. The van der Waals surface area contributed by atoms with E-state index in [2.05, 4.69) is 135 Å². The molecule has 0 fully saturated rings. The van der Waals surface area contributed by atoms with Crippen molar-refractivity contribution in [2.75, 3.05) is 0 Å². The van der Waals surface area contributed by atoms with Crippen LogP contribution in [0.2, 0.25) is 0 Å². The largest absolute Gasteiger partial charge is 0.510 e. The van der Waals surface area contributed by atoms with Gasteiger partial charge in [0, 0.05) is 44.3 Å². The van der Waals surface area contributed by atoms with Crippen LogP contribution in [0.4, 0.5) is 0 Å². The van der Waals surface area contributed by atoms with Crippen LogP contribution in [0.25, 0.3) is 106 Å². The molecule has 0 bridgehead atoms. The molecule has 0 unspecified atom stereocenters. The van der Waals surface area contributed by atoms with E-state index in [9.17, 15) is 2.74 Å². The summed E-state index contributed by atoms with van der Waals surface area (Å²) in [6.07, 6.45) is 5.59. The van der Waals surface area contributed by atoms with Crippen molar-refractivity contribution >= 4 is 32.8 Å². The number of ether oxygens (including phenoxy) is 1. The summed E-state index contributed by atoms with van der Waals surface area (Å²) in [5.41, 5.74) is 14.3. The number of fused-ring (bicyclic) bond motifs is 10. The molecule has 0 spiro atoms. The van der Waals surface area contributed by atoms with Crippen LogP contribution in [-0.2, 0) is 26.5 Å². The monoisotopic (exact) mass is 1080 g/mol. The maximum Gasteiger partial charge on any atom is 0.268 e. The van der Waals surface area contributed by atoms with Gasteiger partial charge in [0.2, 0.25) is 0 Å². The van der Waals surface area contributed by atoms with Gasteiger partial charge in [-0.1, -0.05) is 184 Å². The zero-order valence-electron chi connectivity index (χ0n) is 43.3. The first-order valence-corrected chi connectivity index (χ1v) is 23.0. The van der Waals surface area contributed by atoms with Crippen molar-refractivity contribution in [2.45, 2.75) is 26.2 Å². The van der Waals surface area contributed by atoms with E-state index in [1.807, 2.05) is 100 Å². The third-order valence-corrected chi connectivity index (χ3v) is 13.2. The van der Waals surface area contributed by atoms with Crippen LogP contribution in [0.15, 0.2) is 212 Å². The molecular weight excluding hydrogens is 1040 g/mol. The number of rotatable bonds is 6. The number of hydrogen-bond acceptors (Lipinski definition) is 2. The summed E-state index contributed by atoms with van der Waals surface area (Å²) in [5, 5.41) is 2.09. The molecule has 13 rings (SSSR count). The average molecular weight is 1090 g/mol. The summed E-state index contributed by atoms with van der Waals surface area (Å²) in [6.45, 7) is 6.61. The van der Waals surface area contributed by atoms with E-state index in [0.717, 1.165) is 83.2 Å². The number of imidazole rings is 1. The van der Waals surface area contributed by atoms with Gasteiger partial charge in [-0.15, -0.1) is 29.7 Å². The van der Waals surface area contributed by atoms with Crippen molar-refractivity contribution in [3.8, 4) is 84.3 Å². The summed E-state index contributed by atoms with van der Waals surface area (Å²) < 4.78 is 57.2. The number of benzene rings is 9. The van der Waals surface area contributed by atoms with E-state index < -0.39 is 18.1 Å². The topological polar surface area (TPSA) is 35.9 Å². The Morgan fingerprint density at radius 2 is 1.20 bits per heavy atom. The van der Waals surface area contributed by atoms with E-state index in [4.69, 9.17) is 13.8 Å². The first-order valence-electron chi connectivity index (χ1n) is 25.5. The maximum atomic E-state index is 9.20. The fourth-order valence-corrected chi connectivity index (χ4v) is 9.99. The van der Waals surface area contributed by atoms with E-state index >= 15 is 0 Å². The molecule has 0 radical (unpaired) electrons. The molecule has 1 aliphatic heterocycles. The molecule has 0 amide bonds. The zero-order chi connectivity index (χ0) is 50.6. The van der Waals surface area contributed by atoms with E-state index in [1.165, 1.54) is 5.56 Å². The van der Waals surface area contributed by atoms with E-state index in [1.54, 1.807) is 0 Å². The van der Waals surface area contributed by atoms with Crippen molar-refractivity contribution in [1.29, 1.82) is 0 Å². The molecule has 9 aromatic carbocycles. The predicted octanol–water partition coefficient (Wildman–Crippen LogP) is 15.5. The second-order valence-corrected chi connectivity index (χ2v) is 18.4. The molecule has 4 heterocycles. The molecule has 0 saturated carbocycles. The molecule has 338 valence electrons. The van der Waals surface area contributed by atoms with Gasteiger partial charge in [-0.3, -0.25) is 4.57 Å². The minimum atomic E-state index is -0.448. The van der Waals surface area contributed by atoms with Crippen molar-refractivity contribution in [1.82, 2.24) is 14.1 Å². The normalized spacial score (nSPS) is 12.8. The summed E-state index contributed by atoms with van der Waals surface area (Å²) in [7, 11) is 0. The van der Waals surface area contributed by atoms with E-state index in [0.29, 0.717) is 28.4 Å². The van der Waals surface area contributed by atoms with Crippen LogP contribution in [0.5, 0.6) is 11.5 Å². The number of nitrogens with zero attached hydrogens (tertiary/aromatic N) is 4. The molecule has 12 aromatic rings. The average Bonchev–Trinajstić information content (AvgIpc) is 3.99. The van der Waals surface area contributed by atoms with Crippen molar-refractivity contribution < 1.29 is 37.2 Å². The minimum Gasteiger partial charge on any atom is -0.510 e. The quantitative estimate of drug-likeness (QED) is 0.123. The Balaban J connectivity index is 0.00000569. The second-order valence-electron chi connectivity index (χ2n) is 18.4. The van der Waals surface area contributed by atoms with Gasteiger partial charge in [0.1, 0.15) is 5.82 Å². The van der Waals surface area contributed by atoms with Crippen molar-refractivity contribution in [3.63, 3.8) is 0 Å². The summed E-state index contributed by atoms with van der Waals surface area (Å²) >= 11 is 0. The Bertz CT molecular complexity index is 4260. The number of hydrogen-bond donors (Lipinski definition) is 0. The van der Waals surface area contributed by atoms with Gasteiger partial charge >= 0.3 is 0 Å². The SMILES string of the molecule is [2H]c1c([2H])c([2H])c(-c2cccc3c2-[n+]2[c-]n(-c4[c-]c(Oc5[c-]c6c(cc5)c5cc(-c7ccccc7)ccc5n6-c5cc(C(C)(C)C)ccn5)ccc4)c4cccc(c42)-c2ccccc2-c2ccccc2-3)c([2H])c1[2H].[Pt]. The first kappa shape index (κ1) is 37.8. The Kier molecular flexibility index (Phi) is 9.26. The summed E-state index contributed by atoms with van der Waals surface area (Å²) in [5.74, 6) is 1.74. The van der Waals surface area contributed by atoms with Gasteiger partial charge in [0.15, 0.2) is 0 Å². The summed E-state index contributed by atoms with van der Waals surface area (Å²) in [6, 6.07) is 64.9. The molecule has 0 saturated heterocycles. The molecule has 6 heteroatoms. The van der Waals surface area contributed by atoms with Crippen molar-refractivity contribution in [2.24, 2.45) is 0 Å². The first-order chi connectivity index (χ1) is 35.9. The van der Waals surface area contributed by atoms with Gasteiger partial charge < -0.3 is 13.9 Å². The maximum absolute atomic E-state index is 9.20. The second kappa shape index (κ2) is 17.1. The fraction of sp³-hybridized carbons (Fsp3) is 0.0625. The fourth-order valence-electron chi connectivity index (χ4n) is 9.99. The molecule has 0 aliphatic carbocycles. The molecule has 0 atom stereocenters. The Labute approximate surface area is 428 Å². The third kappa shape index (κ3) is 7.20. The zero-order valence-corrected chi connectivity index (χ0v) is 40.6. The molecular formula is C64H44N4OPt-2. The Morgan fingerprint density at radius 1 is 0.543 bits per heavy atom. The van der Waals surface area contributed by atoms with Crippen LogP contribution in [0.1, 0.15) is 33.2 Å².